The van der Waals surface area contributed by atoms with E-state index in [1.54, 1.807) is 18.6 Å². The van der Waals surface area contributed by atoms with Gasteiger partial charge in [0, 0.05) is 36.4 Å². The Bertz CT molecular complexity index is 644. The molecule has 3 rings (SSSR count). The molecular weight excluding hydrogens is 344 g/mol. The zero-order valence-electron chi connectivity index (χ0n) is 12.1. The molecule has 1 fully saturated rings. The zero-order valence-corrected chi connectivity index (χ0v) is 13.7. The SMILES string of the molecule is O=C(CCc1ccccc1Br)N1CC(Nc2cnccn2)C1. The summed E-state index contributed by atoms with van der Waals surface area (Å²) in [5, 5.41) is 3.27. The zero-order chi connectivity index (χ0) is 15.4. The van der Waals surface area contributed by atoms with Crippen LogP contribution in [0.15, 0.2) is 47.3 Å². The summed E-state index contributed by atoms with van der Waals surface area (Å²) in [7, 11) is 0. The van der Waals surface area contributed by atoms with Crippen molar-refractivity contribution in [1.29, 1.82) is 0 Å². The second-order valence-corrected chi connectivity index (χ2v) is 6.18. The Morgan fingerprint density at radius 1 is 1.32 bits per heavy atom. The van der Waals surface area contributed by atoms with E-state index in [0.717, 1.165) is 29.8 Å². The molecule has 5 nitrogen and oxygen atoms in total. The first kappa shape index (κ1) is 15.0. The maximum absolute atomic E-state index is 12.2. The van der Waals surface area contributed by atoms with Crippen molar-refractivity contribution in [3.05, 3.63) is 52.9 Å². The van der Waals surface area contributed by atoms with Crippen molar-refractivity contribution < 1.29 is 4.79 Å². The van der Waals surface area contributed by atoms with Crippen LogP contribution in [0.2, 0.25) is 0 Å². The van der Waals surface area contributed by atoms with Crippen molar-refractivity contribution in [2.24, 2.45) is 0 Å². The number of hydrogen-bond donors (Lipinski definition) is 1. The molecular formula is C16H17BrN4O. The molecule has 0 saturated carbocycles. The summed E-state index contributed by atoms with van der Waals surface area (Å²) in [6.45, 7) is 1.46. The third-order valence-electron chi connectivity index (χ3n) is 3.72. The van der Waals surface area contributed by atoms with Crippen molar-refractivity contribution in [3.63, 3.8) is 0 Å². The number of anilines is 1. The Balaban J connectivity index is 1.43. The Hall–Kier alpha value is -1.95. The molecule has 1 aromatic carbocycles. The third-order valence-corrected chi connectivity index (χ3v) is 4.49. The van der Waals surface area contributed by atoms with Crippen LogP contribution in [0.1, 0.15) is 12.0 Å². The van der Waals surface area contributed by atoms with E-state index in [9.17, 15) is 4.79 Å². The minimum Gasteiger partial charge on any atom is -0.362 e. The topological polar surface area (TPSA) is 58.1 Å². The fraction of sp³-hybridized carbons (Fsp3) is 0.312. The minimum absolute atomic E-state index is 0.202. The maximum Gasteiger partial charge on any atom is 0.223 e. The van der Waals surface area contributed by atoms with Crippen molar-refractivity contribution in [2.75, 3.05) is 18.4 Å². The van der Waals surface area contributed by atoms with Gasteiger partial charge in [-0.1, -0.05) is 34.1 Å². The average molecular weight is 361 g/mol. The molecule has 1 saturated heterocycles. The summed E-state index contributed by atoms with van der Waals surface area (Å²) in [4.78, 5) is 22.2. The molecule has 2 aromatic rings. The highest BCUT2D eigenvalue weighted by molar-refractivity contribution is 9.10. The number of aromatic nitrogens is 2. The number of amides is 1. The maximum atomic E-state index is 12.2. The van der Waals surface area contributed by atoms with E-state index in [1.807, 2.05) is 29.2 Å². The van der Waals surface area contributed by atoms with Gasteiger partial charge in [0.25, 0.3) is 0 Å². The standard InChI is InChI=1S/C16H17BrN4O/c17-14-4-2-1-3-12(14)5-6-16(22)21-10-13(11-21)20-15-9-18-7-8-19-15/h1-4,7-9,13H,5-6,10-11H2,(H,19,20). The van der Waals surface area contributed by atoms with E-state index in [-0.39, 0.29) is 11.9 Å². The summed E-state index contributed by atoms with van der Waals surface area (Å²) in [6, 6.07) is 8.29. The van der Waals surface area contributed by atoms with Gasteiger partial charge in [-0.2, -0.15) is 0 Å². The first-order chi connectivity index (χ1) is 10.7. The molecule has 1 aliphatic heterocycles. The largest absolute Gasteiger partial charge is 0.362 e. The summed E-state index contributed by atoms with van der Waals surface area (Å²) in [5.41, 5.74) is 1.17. The van der Waals surface area contributed by atoms with E-state index in [4.69, 9.17) is 0 Å². The van der Waals surface area contributed by atoms with Crippen LogP contribution < -0.4 is 5.32 Å². The Kier molecular flexibility index (Phi) is 4.68. The van der Waals surface area contributed by atoms with Gasteiger partial charge in [-0.15, -0.1) is 0 Å². The molecule has 1 aliphatic rings. The fourth-order valence-electron chi connectivity index (χ4n) is 2.46. The average Bonchev–Trinajstić information content (AvgIpc) is 2.50. The summed E-state index contributed by atoms with van der Waals surface area (Å²) in [6.07, 6.45) is 6.29. The third kappa shape index (κ3) is 3.62. The number of carbonyl (C=O) groups is 1. The van der Waals surface area contributed by atoms with Gasteiger partial charge in [0.05, 0.1) is 12.2 Å². The predicted octanol–water partition coefficient (Wildman–Crippen LogP) is 2.49. The normalized spacial score (nSPS) is 14.5. The number of halogens is 1. The van der Waals surface area contributed by atoms with Crippen LogP contribution in [0.25, 0.3) is 0 Å². The first-order valence-electron chi connectivity index (χ1n) is 7.26. The highest BCUT2D eigenvalue weighted by Crippen LogP contribution is 2.19. The van der Waals surface area contributed by atoms with Gasteiger partial charge >= 0.3 is 0 Å². The fourth-order valence-corrected chi connectivity index (χ4v) is 2.94. The van der Waals surface area contributed by atoms with Crippen LogP contribution in [0, 0.1) is 0 Å². The van der Waals surface area contributed by atoms with Gasteiger partial charge in [0.1, 0.15) is 5.82 Å². The van der Waals surface area contributed by atoms with Gasteiger partial charge in [-0.25, -0.2) is 4.98 Å². The molecule has 0 atom stereocenters. The minimum atomic E-state index is 0.202. The number of carbonyl (C=O) groups excluding carboxylic acids is 1. The molecule has 1 aromatic heterocycles. The van der Waals surface area contributed by atoms with Crippen LogP contribution >= 0.6 is 15.9 Å². The lowest BCUT2D eigenvalue weighted by molar-refractivity contribution is -0.135. The predicted molar refractivity (Wildman–Crippen MR) is 88.5 cm³/mol. The lowest BCUT2D eigenvalue weighted by atomic mass is 10.1. The van der Waals surface area contributed by atoms with Crippen LogP contribution in [-0.2, 0) is 11.2 Å². The van der Waals surface area contributed by atoms with Crippen molar-refractivity contribution in [2.45, 2.75) is 18.9 Å². The van der Waals surface area contributed by atoms with E-state index < -0.39 is 0 Å². The molecule has 22 heavy (non-hydrogen) atoms. The number of aryl methyl sites for hydroxylation is 1. The Morgan fingerprint density at radius 3 is 2.86 bits per heavy atom. The molecule has 1 N–H and O–H groups in total. The van der Waals surface area contributed by atoms with Crippen molar-refractivity contribution >= 4 is 27.7 Å². The van der Waals surface area contributed by atoms with Crippen LogP contribution in [0.3, 0.4) is 0 Å². The molecule has 0 unspecified atom stereocenters. The van der Waals surface area contributed by atoms with Gasteiger partial charge in [-0.3, -0.25) is 9.78 Å². The smallest absolute Gasteiger partial charge is 0.223 e. The van der Waals surface area contributed by atoms with Crippen molar-refractivity contribution in [3.8, 4) is 0 Å². The molecule has 1 amide bonds. The molecule has 0 spiro atoms. The quantitative estimate of drug-likeness (QED) is 0.889. The number of hydrogen-bond acceptors (Lipinski definition) is 4. The summed E-state index contributed by atoms with van der Waals surface area (Å²) in [5.74, 6) is 0.959. The van der Waals surface area contributed by atoms with Gasteiger partial charge in [0.15, 0.2) is 0 Å². The van der Waals surface area contributed by atoms with E-state index >= 15 is 0 Å². The van der Waals surface area contributed by atoms with Crippen molar-refractivity contribution in [1.82, 2.24) is 14.9 Å². The van der Waals surface area contributed by atoms with E-state index in [1.165, 1.54) is 5.56 Å². The number of rotatable bonds is 5. The van der Waals surface area contributed by atoms with Gasteiger partial charge in [0.2, 0.25) is 5.91 Å². The number of nitrogens with one attached hydrogen (secondary N) is 1. The van der Waals surface area contributed by atoms with Gasteiger partial charge < -0.3 is 10.2 Å². The number of nitrogens with zero attached hydrogens (tertiary/aromatic N) is 3. The number of benzene rings is 1. The second kappa shape index (κ2) is 6.87. The summed E-state index contributed by atoms with van der Waals surface area (Å²) < 4.78 is 1.06. The molecule has 0 bridgehead atoms. The lowest BCUT2D eigenvalue weighted by Gasteiger charge is -2.39. The van der Waals surface area contributed by atoms with E-state index in [2.05, 4.69) is 31.2 Å². The molecule has 2 heterocycles. The Labute approximate surface area is 137 Å². The molecule has 114 valence electrons. The first-order valence-corrected chi connectivity index (χ1v) is 8.05. The van der Waals surface area contributed by atoms with Crippen LogP contribution in [0.5, 0.6) is 0 Å². The molecule has 6 heteroatoms. The van der Waals surface area contributed by atoms with Crippen LogP contribution in [0.4, 0.5) is 5.82 Å². The number of likely N-dealkylation sites (tertiary alicyclic amines) is 1. The highest BCUT2D eigenvalue weighted by Gasteiger charge is 2.30. The highest BCUT2D eigenvalue weighted by atomic mass is 79.9. The molecule has 0 radical (unpaired) electrons. The monoisotopic (exact) mass is 360 g/mol. The second-order valence-electron chi connectivity index (χ2n) is 5.32. The summed E-state index contributed by atoms with van der Waals surface area (Å²) >= 11 is 3.51. The Morgan fingerprint density at radius 2 is 2.14 bits per heavy atom. The molecule has 0 aliphatic carbocycles. The van der Waals surface area contributed by atoms with Crippen LogP contribution in [-0.4, -0.2) is 39.9 Å². The van der Waals surface area contributed by atoms with E-state index in [0.29, 0.717) is 6.42 Å². The van der Waals surface area contributed by atoms with Gasteiger partial charge in [-0.05, 0) is 18.1 Å². The lowest BCUT2D eigenvalue weighted by Crippen LogP contribution is -2.57.